The number of carbonyl (C=O) groups excluding carboxylic acids is 4. The molecule has 1 aliphatic carbocycles. The summed E-state index contributed by atoms with van der Waals surface area (Å²) in [5.74, 6) is -0.0763. The van der Waals surface area contributed by atoms with Gasteiger partial charge in [-0.15, -0.1) is 11.3 Å². The molecule has 3 aromatic carbocycles. The number of hydrogen-bond acceptors (Lipinski definition) is 12. The van der Waals surface area contributed by atoms with E-state index in [9.17, 15) is 29.7 Å². The molecular weight excluding hydrogens is 905 g/mol. The number of ether oxygens (including phenoxy) is 3. The number of nitrogens with zero attached hydrogens (tertiary/aromatic N) is 5. The molecule has 16 heteroatoms. The second-order valence-corrected chi connectivity index (χ2v) is 18.7. The van der Waals surface area contributed by atoms with Gasteiger partial charge in [0.25, 0.3) is 5.91 Å². The predicted molar refractivity (Wildman–Crippen MR) is 266 cm³/mol. The van der Waals surface area contributed by atoms with Gasteiger partial charge in [-0.2, -0.15) is 10.5 Å². The average molecular weight is 967 g/mol. The third-order valence-corrected chi connectivity index (χ3v) is 14.3. The average Bonchev–Trinajstić information content (AvgIpc) is 4.14. The van der Waals surface area contributed by atoms with Crippen LogP contribution >= 0.6 is 11.3 Å². The van der Waals surface area contributed by atoms with Crippen LogP contribution in [0.1, 0.15) is 117 Å². The second kappa shape index (κ2) is 24.7. The highest BCUT2D eigenvalue weighted by Crippen LogP contribution is 2.37. The molecule has 0 unspecified atom stereocenters. The highest BCUT2D eigenvalue weighted by atomic mass is 32.1. The topological polar surface area (TPSA) is 201 Å². The maximum atomic E-state index is 14.2. The summed E-state index contributed by atoms with van der Waals surface area (Å²) in [5, 5.41) is 30.6. The molecule has 7 rings (SSSR count). The monoisotopic (exact) mass is 966 g/mol. The molecule has 3 N–H and O–H groups in total. The van der Waals surface area contributed by atoms with E-state index in [0.717, 1.165) is 78.0 Å². The van der Waals surface area contributed by atoms with Crippen molar-refractivity contribution in [1.29, 1.82) is 10.5 Å². The van der Waals surface area contributed by atoms with Gasteiger partial charge < -0.3 is 39.6 Å². The normalized spacial score (nSPS) is 15.7. The van der Waals surface area contributed by atoms with Crippen LogP contribution in [0.3, 0.4) is 0 Å². The molecule has 15 nitrogen and oxygen atoms in total. The van der Waals surface area contributed by atoms with Crippen LogP contribution in [-0.2, 0) is 25.6 Å². The van der Waals surface area contributed by atoms with E-state index < -0.39 is 12.1 Å². The lowest BCUT2D eigenvalue weighted by Gasteiger charge is -2.35. The van der Waals surface area contributed by atoms with E-state index >= 15 is 0 Å². The minimum Gasteiger partial charge on any atom is -0.491 e. The quantitative estimate of drug-likeness (QED) is 0.0460. The fraction of sp³-hybridized carbons (Fsp3) is 0.426. The number of likely N-dealkylation sites (tertiary alicyclic amines) is 1. The van der Waals surface area contributed by atoms with Gasteiger partial charge in [0, 0.05) is 53.1 Å². The molecule has 0 spiro atoms. The number of ketones is 1. The molecule has 2 aliphatic rings. The maximum absolute atomic E-state index is 14.2. The van der Waals surface area contributed by atoms with Gasteiger partial charge in [0.15, 0.2) is 0 Å². The van der Waals surface area contributed by atoms with Crippen molar-refractivity contribution in [2.45, 2.75) is 90.4 Å². The number of nitriles is 2. The van der Waals surface area contributed by atoms with Crippen molar-refractivity contribution in [3.05, 3.63) is 128 Å². The summed E-state index contributed by atoms with van der Waals surface area (Å²) in [4.78, 5) is 60.3. The lowest BCUT2D eigenvalue weighted by molar-refractivity contribution is -0.139. The number of likely N-dealkylation sites (N-methyl/N-ethyl adjacent to an activating group) is 1. The molecule has 0 radical (unpaired) electrons. The Morgan fingerprint density at radius 3 is 2.29 bits per heavy atom. The van der Waals surface area contributed by atoms with Crippen molar-refractivity contribution in [1.82, 2.24) is 30.4 Å². The zero-order chi connectivity index (χ0) is 49.6. The Labute approximate surface area is 414 Å². The minimum atomic E-state index is -0.589. The van der Waals surface area contributed by atoms with Crippen LogP contribution in [0.5, 0.6) is 5.75 Å². The molecule has 5 aromatic rings. The van der Waals surface area contributed by atoms with Crippen molar-refractivity contribution in [3.63, 3.8) is 0 Å². The van der Waals surface area contributed by atoms with Gasteiger partial charge in [-0.1, -0.05) is 55.7 Å². The van der Waals surface area contributed by atoms with Crippen LogP contribution < -0.4 is 20.7 Å². The number of amides is 3. The molecule has 1 aliphatic heterocycles. The van der Waals surface area contributed by atoms with Crippen molar-refractivity contribution in [2.24, 2.45) is 5.92 Å². The van der Waals surface area contributed by atoms with Crippen molar-refractivity contribution in [2.75, 3.05) is 53.2 Å². The fourth-order valence-corrected chi connectivity index (χ4v) is 10.2. The lowest BCUT2D eigenvalue weighted by Crippen LogP contribution is -2.55. The number of carbonyl (C=O) groups is 4. The van der Waals surface area contributed by atoms with Gasteiger partial charge in [0.1, 0.15) is 35.2 Å². The first-order chi connectivity index (χ1) is 34.0. The Bertz CT molecular complexity index is 2700. The molecule has 70 heavy (non-hydrogen) atoms. The SMILES string of the molecule is CN[C@@H](C)C(=O)N[C@H](C(=O)N1CCC[C@H]1c1nc(C(=O)c2cccc(OCCOCCOCCNC(=O)c3ccc(Cn4c(C)c(C#N)c(-c5ccc(C#N)cc5)c4C)cc3)c2)cs1)C1CCCCC1. The van der Waals surface area contributed by atoms with Gasteiger partial charge in [-0.05, 0) is 107 Å². The van der Waals surface area contributed by atoms with E-state index in [0.29, 0.717) is 79.8 Å². The van der Waals surface area contributed by atoms with Crippen LogP contribution in [0.25, 0.3) is 11.1 Å². The van der Waals surface area contributed by atoms with Crippen LogP contribution in [0.15, 0.2) is 78.2 Å². The van der Waals surface area contributed by atoms with Crippen LogP contribution in [0.4, 0.5) is 0 Å². The first-order valence-electron chi connectivity index (χ1n) is 24.1. The molecule has 0 bridgehead atoms. The second-order valence-electron chi connectivity index (χ2n) is 17.8. The van der Waals surface area contributed by atoms with Crippen molar-refractivity contribution >= 4 is 34.8 Å². The molecule has 3 heterocycles. The summed E-state index contributed by atoms with van der Waals surface area (Å²) in [6, 6.07) is 24.8. The molecule has 2 fully saturated rings. The third kappa shape index (κ3) is 12.5. The Balaban J connectivity index is 0.801. The van der Waals surface area contributed by atoms with Gasteiger partial charge in [0.2, 0.25) is 17.6 Å². The van der Waals surface area contributed by atoms with E-state index in [1.807, 2.05) is 43.0 Å². The van der Waals surface area contributed by atoms with Crippen molar-refractivity contribution < 1.29 is 33.4 Å². The van der Waals surface area contributed by atoms with E-state index in [4.69, 9.17) is 19.2 Å². The Morgan fingerprint density at radius 1 is 0.843 bits per heavy atom. The highest BCUT2D eigenvalue weighted by Gasteiger charge is 2.40. The zero-order valence-electron chi connectivity index (χ0n) is 40.4. The lowest BCUT2D eigenvalue weighted by atomic mass is 9.83. The number of rotatable bonds is 22. The Morgan fingerprint density at radius 2 is 1.57 bits per heavy atom. The van der Waals surface area contributed by atoms with Gasteiger partial charge in [-0.25, -0.2) is 4.98 Å². The summed E-state index contributed by atoms with van der Waals surface area (Å²) in [6.07, 6.45) is 6.62. The predicted octanol–water partition coefficient (Wildman–Crippen LogP) is 7.43. The van der Waals surface area contributed by atoms with Crippen LogP contribution in [-0.4, -0.2) is 103 Å². The van der Waals surface area contributed by atoms with Crippen LogP contribution in [0.2, 0.25) is 0 Å². The number of aromatic nitrogens is 2. The Kier molecular flexibility index (Phi) is 18.1. The van der Waals surface area contributed by atoms with Gasteiger partial charge in [0.05, 0.1) is 55.7 Å². The number of nitrogens with one attached hydrogen (secondary N) is 3. The third-order valence-electron chi connectivity index (χ3n) is 13.3. The zero-order valence-corrected chi connectivity index (χ0v) is 41.2. The molecule has 2 aromatic heterocycles. The standard InChI is InChI=1S/C54H62N8O7S/c1-35(57-4)51(64)60-49(41-10-6-5-7-11-41)54(66)61-24-9-14-47(61)53-59-46(34-70-53)50(63)43-12-8-13-44(30-43)69-29-28-68-27-26-67-25-23-58-52(65)42-21-17-39(18-22-42)33-62-36(2)45(32-56)48(37(62)3)40-19-15-38(31-55)16-20-40/h8,12-13,15-22,30,34-35,41,47,49,57H,5-7,9-11,14,23-29,33H2,1-4H3,(H,58,65)(H,60,64)/t35-,47-,49-/m0/s1. The molecule has 366 valence electrons. The van der Waals surface area contributed by atoms with Crippen molar-refractivity contribution in [3.8, 4) is 29.0 Å². The molecular formula is C54H62N8O7S. The first kappa shape index (κ1) is 51.2. The summed E-state index contributed by atoms with van der Waals surface area (Å²) >= 11 is 1.38. The summed E-state index contributed by atoms with van der Waals surface area (Å²) in [7, 11) is 1.73. The van der Waals surface area contributed by atoms with Gasteiger partial charge >= 0.3 is 0 Å². The highest BCUT2D eigenvalue weighted by molar-refractivity contribution is 7.10. The van der Waals surface area contributed by atoms with Crippen LogP contribution in [0, 0.1) is 42.4 Å². The van der Waals surface area contributed by atoms with E-state index in [1.54, 1.807) is 67.9 Å². The maximum Gasteiger partial charge on any atom is 0.251 e. The fourth-order valence-electron chi connectivity index (χ4n) is 9.29. The summed E-state index contributed by atoms with van der Waals surface area (Å²) in [5.41, 5.74) is 6.97. The summed E-state index contributed by atoms with van der Waals surface area (Å²) < 4.78 is 19.3. The minimum absolute atomic E-state index is 0.0671. The van der Waals surface area contributed by atoms with E-state index in [1.165, 1.54) is 11.3 Å². The number of benzene rings is 3. The van der Waals surface area contributed by atoms with E-state index in [2.05, 4.69) is 32.7 Å². The number of thiazole rings is 1. The molecule has 3 atom stereocenters. The molecule has 3 amide bonds. The van der Waals surface area contributed by atoms with E-state index in [-0.39, 0.29) is 42.1 Å². The van der Waals surface area contributed by atoms with Gasteiger partial charge in [-0.3, -0.25) is 19.2 Å². The Hall–Kier alpha value is -6.69. The summed E-state index contributed by atoms with van der Waals surface area (Å²) in [6.45, 7) is 8.70. The molecule has 1 saturated heterocycles. The smallest absolute Gasteiger partial charge is 0.251 e. The molecule has 1 saturated carbocycles. The first-order valence-corrected chi connectivity index (χ1v) is 25.0. The number of hydrogen-bond donors (Lipinski definition) is 3. The largest absolute Gasteiger partial charge is 0.491 e.